The standard InChI is InChI=1S/C19H22FN3O/c1-14(15-7-11-21-12-8-15)23(2)18(24)22-13-19(9-10-19)16-5-3-4-6-17(16)20/h3-8,11-12,14H,9-10,13H2,1-2H3,(H,22,24)/t14-/m0/s1. The van der Waals surface area contributed by atoms with Gasteiger partial charge in [-0.15, -0.1) is 0 Å². The zero-order valence-corrected chi connectivity index (χ0v) is 14.0. The maximum absolute atomic E-state index is 14.0. The summed E-state index contributed by atoms with van der Waals surface area (Å²) in [5, 5.41) is 2.97. The number of carbonyl (C=O) groups excluding carboxylic acids is 1. The summed E-state index contributed by atoms with van der Waals surface area (Å²) in [5.74, 6) is -0.192. The van der Waals surface area contributed by atoms with Crippen LogP contribution in [0.4, 0.5) is 9.18 Å². The lowest BCUT2D eigenvalue weighted by molar-refractivity contribution is 0.193. The van der Waals surface area contributed by atoms with Crippen LogP contribution in [0.25, 0.3) is 0 Å². The van der Waals surface area contributed by atoms with Gasteiger partial charge in [-0.2, -0.15) is 0 Å². The molecule has 1 fully saturated rings. The van der Waals surface area contributed by atoms with E-state index in [0.29, 0.717) is 12.1 Å². The van der Waals surface area contributed by atoms with Crippen LogP contribution < -0.4 is 5.32 Å². The van der Waals surface area contributed by atoms with Gasteiger partial charge >= 0.3 is 6.03 Å². The molecule has 126 valence electrons. The average Bonchev–Trinajstić information content (AvgIpc) is 3.40. The van der Waals surface area contributed by atoms with Crippen molar-refractivity contribution in [1.29, 1.82) is 0 Å². The number of amides is 2. The summed E-state index contributed by atoms with van der Waals surface area (Å²) < 4.78 is 14.0. The molecule has 24 heavy (non-hydrogen) atoms. The molecule has 1 aromatic heterocycles. The number of urea groups is 1. The topological polar surface area (TPSA) is 45.2 Å². The monoisotopic (exact) mass is 327 g/mol. The van der Waals surface area contributed by atoms with Crippen molar-refractivity contribution in [3.05, 3.63) is 65.7 Å². The van der Waals surface area contributed by atoms with Crippen molar-refractivity contribution < 1.29 is 9.18 Å². The highest BCUT2D eigenvalue weighted by Crippen LogP contribution is 2.48. The van der Waals surface area contributed by atoms with Gasteiger partial charge in [0.25, 0.3) is 0 Å². The van der Waals surface area contributed by atoms with Gasteiger partial charge < -0.3 is 10.2 Å². The Hall–Kier alpha value is -2.43. The van der Waals surface area contributed by atoms with Crippen molar-refractivity contribution >= 4 is 6.03 Å². The van der Waals surface area contributed by atoms with Gasteiger partial charge in [0.1, 0.15) is 5.82 Å². The Kier molecular flexibility index (Phi) is 4.51. The normalized spacial score (nSPS) is 16.3. The van der Waals surface area contributed by atoms with Crippen LogP contribution in [-0.2, 0) is 5.41 Å². The second kappa shape index (κ2) is 6.59. The number of carbonyl (C=O) groups is 1. The smallest absolute Gasteiger partial charge is 0.317 e. The SMILES string of the molecule is C[C@@H](c1ccncc1)N(C)C(=O)NCC1(c2ccccc2F)CC1. The van der Waals surface area contributed by atoms with Gasteiger partial charge in [-0.3, -0.25) is 4.98 Å². The lowest BCUT2D eigenvalue weighted by atomic mass is 9.95. The minimum Gasteiger partial charge on any atom is -0.337 e. The fourth-order valence-electron chi connectivity index (χ4n) is 2.99. The zero-order chi connectivity index (χ0) is 17.2. The van der Waals surface area contributed by atoms with E-state index in [0.717, 1.165) is 18.4 Å². The van der Waals surface area contributed by atoms with Crippen LogP contribution in [0.15, 0.2) is 48.8 Å². The summed E-state index contributed by atoms with van der Waals surface area (Å²) in [6.45, 7) is 2.43. The maximum atomic E-state index is 14.0. The highest BCUT2D eigenvalue weighted by atomic mass is 19.1. The summed E-state index contributed by atoms with van der Waals surface area (Å²) in [4.78, 5) is 18.1. The van der Waals surface area contributed by atoms with Gasteiger partial charge in [0.2, 0.25) is 0 Å². The first-order valence-corrected chi connectivity index (χ1v) is 8.19. The minimum atomic E-state index is -0.248. The second-order valence-electron chi connectivity index (χ2n) is 6.49. The number of halogens is 1. The lowest BCUT2D eigenvalue weighted by Crippen LogP contribution is -2.42. The van der Waals surface area contributed by atoms with Gasteiger partial charge in [-0.1, -0.05) is 18.2 Å². The van der Waals surface area contributed by atoms with Crippen molar-refractivity contribution in [2.24, 2.45) is 0 Å². The molecule has 2 aromatic rings. The highest BCUT2D eigenvalue weighted by molar-refractivity contribution is 5.74. The molecule has 2 amide bonds. The summed E-state index contributed by atoms with van der Waals surface area (Å²) in [7, 11) is 1.77. The van der Waals surface area contributed by atoms with Crippen molar-refractivity contribution in [2.45, 2.75) is 31.2 Å². The van der Waals surface area contributed by atoms with Gasteiger partial charge in [0.05, 0.1) is 6.04 Å². The van der Waals surface area contributed by atoms with Crippen LogP contribution in [0.1, 0.15) is 36.9 Å². The first kappa shape index (κ1) is 16.4. The molecule has 0 saturated heterocycles. The Morgan fingerprint density at radius 1 is 1.29 bits per heavy atom. The summed E-state index contributed by atoms with van der Waals surface area (Å²) in [6, 6.07) is 10.4. The van der Waals surface area contributed by atoms with Crippen LogP contribution in [0, 0.1) is 5.82 Å². The van der Waals surface area contributed by atoms with Crippen molar-refractivity contribution in [2.75, 3.05) is 13.6 Å². The third-order valence-corrected chi connectivity index (χ3v) is 4.97. The third kappa shape index (κ3) is 3.25. The Bertz CT molecular complexity index is 716. The zero-order valence-electron chi connectivity index (χ0n) is 14.0. The minimum absolute atomic E-state index is 0.0587. The highest BCUT2D eigenvalue weighted by Gasteiger charge is 2.46. The fourth-order valence-corrected chi connectivity index (χ4v) is 2.99. The van der Waals surface area contributed by atoms with Crippen molar-refractivity contribution in [3.63, 3.8) is 0 Å². The molecule has 0 unspecified atom stereocenters. The number of rotatable bonds is 5. The quantitative estimate of drug-likeness (QED) is 0.911. The van der Waals surface area contributed by atoms with Crippen LogP contribution in [0.3, 0.4) is 0 Å². The molecule has 3 rings (SSSR count). The average molecular weight is 327 g/mol. The number of aromatic nitrogens is 1. The van der Waals surface area contributed by atoms with E-state index in [1.54, 1.807) is 30.4 Å². The van der Waals surface area contributed by atoms with Gasteiger partial charge in [-0.25, -0.2) is 9.18 Å². The van der Waals surface area contributed by atoms with Crippen LogP contribution in [0.2, 0.25) is 0 Å². The summed E-state index contributed by atoms with van der Waals surface area (Å²) in [5.41, 5.74) is 1.48. The molecule has 0 spiro atoms. The van der Waals surface area contributed by atoms with Gasteiger partial charge in [0.15, 0.2) is 0 Å². The fraction of sp³-hybridized carbons (Fsp3) is 0.368. The predicted octanol–water partition coefficient (Wildman–Crippen LogP) is 3.65. The Morgan fingerprint density at radius 3 is 2.58 bits per heavy atom. The van der Waals surface area contributed by atoms with E-state index in [9.17, 15) is 9.18 Å². The number of benzene rings is 1. The molecular formula is C19H22FN3O. The van der Waals surface area contributed by atoms with Crippen LogP contribution in [0.5, 0.6) is 0 Å². The predicted molar refractivity (Wildman–Crippen MR) is 91.1 cm³/mol. The number of nitrogens with zero attached hydrogens (tertiary/aromatic N) is 2. The molecule has 0 aliphatic heterocycles. The molecule has 0 radical (unpaired) electrons. The van der Waals surface area contributed by atoms with E-state index in [-0.39, 0.29) is 23.3 Å². The van der Waals surface area contributed by atoms with Crippen LogP contribution in [-0.4, -0.2) is 29.5 Å². The molecule has 1 saturated carbocycles. The van der Waals surface area contributed by atoms with E-state index in [1.165, 1.54) is 6.07 Å². The molecule has 1 atom stereocenters. The number of hydrogen-bond acceptors (Lipinski definition) is 2. The number of hydrogen-bond donors (Lipinski definition) is 1. The van der Waals surface area contributed by atoms with E-state index in [1.807, 2.05) is 31.2 Å². The first-order chi connectivity index (χ1) is 11.5. The Balaban J connectivity index is 1.62. The molecule has 1 aliphatic carbocycles. The Morgan fingerprint density at radius 2 is 1.96 bits per heavy atom. The molecule has 1 heterocycles. The summed E-state index contributed by atoms with van der Waals surface area (Å²) in [6.07, 6.45) is 5.24. The van der Waals surface area contributed by atoms with Gasteiger partial charge in [0, 0.05) is 31.4 Å². The molecule has 5 heteroatoms. The third-order valence-electron chi connectivity index (χ3n) is 4.97. The summed E-state index contributed by atoms with van der Waals surface area (Å²) >= 11 is 0. The van der Waals surface area contributed by atoms with Crippen LogP contribution >= 0.6 is 0 Å². The maximum Gasteiger partial charge on any atom is 0.317 e. The van der Waals surface area contributed by atoms with E-state index < -0.39 is 0 Å². The molecule has 0 bridgehead atoms. The van der Waals surface area contributed by atoms with E-state index in [2.05, 4.69) is 10.3 Å². The molecule has 4 nitrogen and oxygen atoms in total. The number of pyridine rings is 1. The molecular weight excluding hydrogens is 305 g/mol. The molecule has 1 aliphatic rings. The largest absolute Gasteiger partial charge is 0.337 e. The van der Waals surface area contributed by atoms with Crippen molar-refractivity contribution in [3.8, 4) is 0 Å². The second-order valence-corrected chi connectivity index (χ2v) is 6.49. The lowest BCUT2D eigenvalue weighted by Gasteiger charge is -2.27. The van der Waals surface area contributed by atoms with Crippen molar-refractivity contribution in [1.82, 2.24) is 15.2 Å². The number of nitrogens with one attached hydrogen (secondary N) is 1. The van der Waals surface area contributed by atoms with E-state index >= 15 is 0 Å². The van der Waals surface area contributed by atoms with Gasteiger partial charge in [-0.05, 0) is 49.1 Å². The first-order valence-electron chi connectivity index (χ1n) is 8.19. The molecule has 1 N–H and O–H groups in total. The molecule has 1 aromatic carbocycles. The van der Waals surface area contributed by atoms with E-state index in [4.69, 9.17) is 0 Å². The Labute approximate surface area is 141 Å².